The molecule has 2 aromatic carbocycles. The third-order valence-electron chi connectivity index (χ3n) is 3.22. The van der Waals surface area contributed by atoms with Gasteiger partial charge in [0.25, 0.3) is 0 Å². The Morgan fingerprint density at radius 2 is 1.52 bits per heavy atom. The van der Waals surface area contributed by atoms with Crippen LogP contribution in [0.3, 0.4) is 0 Å². The van der Waals surface area contributed by atoms with Crippen LogP contribution in [0, 0.1) is 0 Å². The maximum absolute atomic E-state index is 12.5. The number of carbonyl (C=O) groups excluding carboxylic acids is 2. The molecule has 0 aliphatic heterocycles. The van der Waals surface area contributed by atoms with Gasteiger partial charge < -0.3 is 14.8 Å². The van der Waals surface area contributed by atoms with Gasteiger partial charge in [-0.2, -0.15) is 0 Å². The van der Waals surface area contributed by atoms with Gasteiger partial charge in [-0.15, -0.1) is 0 Å². The summed E-state index contributed by atoms with van der Waals surface area (Å²) < 4.78 is 10.6. The van der Waals surface area contributed by atoms with Gasteiger partial charge in [0.15, 0.2) is 0 Å². The van der Waals surface area contributed by atoms with Crippen molar-refractivity contribution < 1.29 is 19.1 Å². The van der Waals surface area contributed by atoms with Crippen molar-refractivity contribution in [1.82, 2.24) is 5.32 Å². The van der Waals surface area contributed by atoms with Crippen LogP contribution in [0.4, 0.5) is 4.79 Å². The molecule has 132 valence electrons. The van der Waals surface area contributed by atoms with E-state index in [9.17, 15) is 9.59 Å². The molecule has 25 heavy (non-hydrogen) atoms. The van der Waals surface area contributed by atoms with E-state index in [0.29, 0.717) is 12.2 Å². The predicted octanol–water partition coefficient (Wildman–Crippen LogP) is 3.73. The second kappa shape index (κ2) is 8.33. The highest BCUT2D eigenvalue weighted by molar-refractivity contribution is 5.83. The molecule has 0 heterocycles. The zero-order valence-corrected chi connectivity index (χ0v) is 14.7. The highest BCUT2D eigenvalue weighted by Gasteiger charge is 2.26. The van der Waals surface area contributed by atoms with Gasteiger partial charge in [0.05, 0.1) is 0 Å². The molecule has 0 saturated heterocycles. The number of nitrogens with one attached hydrogen (secondary N) is 1. The van der Waals surface area contributed by atoms with Crippen LogP contribution >= 0.6 is 0 Å². The summed E-state index contributed by atoms with van der Waals surface area (Å²) in [6, 6.07) is 17.3. The van der Waals surface area contributed by atoms with Gasteiger partial charge in [-0.05, 0) is 38.5 Å². The molecule has 5 nitrogen and oxygen atoms in total. The summed E-state index contributed by atoms with van der Waals surface area (Å²) in [7, 11) is 0. The molecule has 1 atom stereocenters. The van der Waals surface area contributed by atoms with Crippen LogP contribution < -0.4 is 10.1 Å². The molecule has 0 bridgehead atoms. The lowest BCUT2D eigenvalue weighted by Crippen LogP contribution is -2.46. The summed E-state index contributed by atoms with van der Waals surface area (Å²) in [5.41, 5.74) is 0.263. The van der Waals surface area contributed by atoms with Crippen molar-refractivity contribution in [3.05, 3.63) is 66.2 Å². The summed E-state index contributed by atoms with van der Waals surface area (Å²) in [6.45, 7) is 5.29. The van der Waals surface area contributed by atoms with E-state index in [1.54, 1.807) is 45.0 Å². The number of ether oxygens (including phenoxy) is 2. The Bertz CT molecular complexity index is 693. The second-order valence-corrected chi connectivity index (χ2v) is 6.62. The van der Waals surface area contributed by atoms with Gasteiger partial charge in [-0.3, -0.25) is 0 Å². The molecule has 1 N–H and O–H groups in total. The Morgan fingerprint density at radius 1 is 0.960 bits per heavy atom. The minimum Gasteiger partial charge on any atom is -0.444 e. The quantitative estimate of drug-likeness (QED) is 0.665. The number of para-hydroxylation sites is 1. The molecule has 0 fully saturated rings. The highest BCUT2D eigenvalue weighted by atomic mass is 16.6. The first-order valence-electron chi connectivity index (χ1n) is 8.14. The fourth-order valence-electron chi connectivity index (χ4n) is 2.17. The summed E-state index contributed by atoms with van der Waals surface area (Å²) in [4.78, 5) is 24.6. The largest absolute Gasteiger partial charge is 0.444 e. The molecule has 2 rings (SSSR count). The van der Waals surface area contributed by atoms with E-state index >= 15 is 0 Å². The number of hydrogen-bond acceptors (Lipinski definition) is 4. The first kappa shape index (κ1) is 18.5. The lowest BCUT2D eigenvalue weighted by molar-refractivity contribution is -0.136. The van der Waals surface area contributed by atoms with Gasteiger partial charge in [-0.25, -0.2) is 9.59 Å². The van der Waals surface area contributed by atoms with Crippen LogP contribution in [0.2, 0.25) is 0 Å². The number of alkyl carbamates (subject to hydrolysis) is 1. The van der Waals surface area contributed by atoms with Gasteiger partial charge in [-0.1, -0.05) is 48.5 Å². The van der Waals surface area contributed by atoms with E-state index < -0.39 is 23.7 Å². The fourth-order valence-corrected chi connectivity index (χ4v) is 2.17. The molecule has 0 aromatic heterocycles. The fraction of sp³-hybridized carbons (Fsp3) is 0.300. The Hall–Kier alpha value is -2.82. The van der Waals surface area contributed by atoms with Gasteiger partial charge >= 0.3 is 12.1 Å². The maximum Gasteiger partial charge on any atom is 0.408 e. The zero-order chi connectivity index (χ0) is 18.3. The van der Waals surface area contributed by atoms with E-state index in [0.717, 1.165) is 5.56 Å². The van der Waals surface area contributed by atoms with Gasteiger partial charge in [0.2, 0.25) is 0 Å². The Kier molecular flexibility index (Phi) is 6.17. The minimum atomic E-state index is -0.850. The number of rotatable bonds is 5. The summed E-state index contributed by atoms with van der Waals surface area (Å²) in [6.07, 6.45) is -0.343. The van der Waals surface area contributed by atoms with E-state index in [-0.39, 0.29) is 0 Å². The number of esters is 1. The Morgan fingerprint density at radius 3 is 2.08 bits per heavy atom. The van der Waals surface area contributed by atoms with Crippen LogP contribution in [0.25, 0.3) is 0 Å². The summed E-state index contributed by atoms with van der Waals surface area (Å²) in [5, 5.41) is 2.61. The molecule has 0 spiro atoms. The number of carbonyl (C=O) groups is 2. The molecule has 1 amide bonds. The SMILES string of the molecule is CC(C)(C)OC(=O)N[C@@H](Cc1ccccc1)C(=O)Oc1ccccc1. The van der Waals surface area contributed by atoms with Crippen LogP contribution in [-0.2, 0) is 16.0 Å². The van der Waals surface area contributed by atoms with E-state index in [4.69, 9.17) is 9.47 Å². The molecule has 5 heteroatoms. The van der Waals surface area contributed by atoms with Crippen molar-refractivity contribution in [2.24, 2.45) is 0 Å². The molecule has 0 radical (unpaired) electrons. The first-order valence-corrected chi connectivity index (χ1v) is 8.14. The van der Waals surface area contributed by atoms with Gasteiger partial charge in [0.1, 0.15) is 17.4 Å². The minimum absolute atomic E-state index is 0.311. The Balaban J connectivity index is 2.10. The van der Waals surface area contributed by atoms with Crippen LogP contribution in [0.5, 0.6) is 5.75 Å². The van der Waals surface area contributed by atoms with Crippen molar-refractivity contribution in [2.45, 2.75) is 38.8 Å². The average molecular weight is 341 g/mol. The molecule has 0 aliphatic carbocycles. The van der Waals surface area contributed by atoms with Crippen LogP contribution in [0.15, 0.2) is 60.7 Å². The molecule has 0 unspecified atom stereocenters. The molecule has 2 aromatic rings. The normalized spacial score (nSPS) is 12.1. The van der Waals surface area contributed by atoms with Crippen molar-refractivity contribution in [1.29, 1.82) is 0 Å². The maximum atomic E-state index is 12.5. The van der Waals surface area contributed by atoms with Crippen LogP contribution in [0.1, 0.15) is 26.3 Å². The third-order valence-corrected chi connectivity index (χ3v) is 3.22. The predicted molar refractivity (Wildman–Crippen MR) is 95.4 cm³/mol. The van der Waals surface area contributed by atoms with Gasteiger partial charge in [0, 0.05) is 6.42 Å². The standard InChI is InChI=1S/C20H23NO4/c1-20(2,3)25-19(23)21-17(14-15-10-6-4-7-11-15)18(22)24-16-12-8-5-9-13-16/h4-13,17H,14H2,1-3H3,(H,21,23)/t17-/m0/s1. The molecular weight excluding hydrogens is 318 g/mol. The van der Waals surface area contributed by atoms with E-state index in [1.807, 2.05) is 36.4 Å². The Labute approximate surface area is 148 Å². The first-order chi connectivity index (χ1) is 11.8. The average Bonchev–Trinajstić information content (AvgIpc) is 2.54. The number of benzene rings is 2. The lowest BCUT2D eigenvalue weighted by Gasteiger charge is -2.23. The molecular formula is C20H23NO4. The number of hydrogen-bond donors (Lipinski definition) is 1. The van der Waals surface area contributed by atoms with Crippen molar-refractivity contribution in [3.63, 3.8) is 0 Å². The van der Waals surface area contributed by atoms with Crippen LogP contribution in [-0.4, -0.2) is 23.7 Å². The summed E-state index contributed by atoms with van der Waals surface area (Å²) >= 11 is 0. The van der Waals surface area contributed by atoms with E-state index in [2.05, 4.69) is 5.32 Å². The molecule has 0 aliphatic rings. The third kappa shape index (κ3) is 6.67. The van der Waals surface area contributed by atoms with Crippen molar-refractivity contribution >= 4 is 12.1 Å². The van der Waals surface area contributed by atoms with Crippen molar-refractivity contribution in [3.8, 4) is 5.75 Å². The topological polar surface area (TPSA) is 64.6 Å². The smallest absolute Gasteiger partial charge is 0.408 e. The van der Waals surface area contributed by atoms with E-state index in [1.165, 1.54) is 0 Å². The second-order valence-electron chi connectivity index (χ2n) is 6.62. The van der Waals surface area contributed by atoms with Crippen molar-refractivity contribution in [2.75, 3.05) is 0 Å². The zero-order valence-electron chi connectivity index (χ0n) is 14.7. The lowest BCUT2D eigenvalue weighted by atomic mass is 10.1. The summed E-state index contributed by atoms with van der Waals surface area (Å²) in [5.74, 6) is -0.113. The highest BCUT2D eigenvalue weighted by Crippen LogP contribution is 2.13. The monoisotopic (exact) mass is 341 g/mol. The molecule has 0 saturated carbocycles. The number of amides is 1.